The molecule has 0 unspecified atom stereocenters. The van der Waals surface area contributed by atoms with Gasteiger partial charge in [-0.05, 0) is 48.6 Å². The molecule has 3 aromatic carbocycles. The lowest BCUT2D eigenvalue weighted by atomic mass is 10.0. The average molecular weight is 516 g/mol. The smallest absolute Gasteiger partial charge is 0.238 e. The Kier molecular flexibility index (Phi) is 6.94. The van der Waals surface area contributed by atoms with Gasteiger partial charge in [0.25, 0.3) is 0 Å². The number of primary sulfonamides is 1. The summed E-state index contributed by atoms with van der Waals surface area (Å²) < 4.78 is 24.9. The second-order valence-electron chi connectivity index (χ2n) is 7.53. The van der Waals surface area contributed by atoms with Gasteiger partial charge < -0.3 is 5.32 Å². The Morgan fingerprint density at radius 2 is 1.85 bits per heavy atom. The molecule has 1 heterocycles. The van der Waals surface area contributed by atoms with Gasteiger partial charge in [0.15, 0.2) is 5.16 Å². The maximum Gasteiger partial charge on any atom is 0.238 e. The minimum absolute atomic E-state index is 0.0520. The van der Waals surface area contributed by atoms with Crippen LogP contribution in [0, 0.1) is 6.92 Å². The van der Waals surface area contributed by atoms with E-state index >= 15 is 0 Å². The van der Waals surface area contributed by atoms with E-state index in [1.54, 1.807) is 0 Å². The number of aromatic nitrogens is 3. The van der Waals surface area contributed by atoms with Gasteiger partial charge in [-0.25, -0.2) is 13.6 Å². The van der Waals surface area contributed by atoms with Crippen LogP contribution in [-0.4, -0.2) is 34.8 Å². The lowest BCUT2D eigenvalue weighted by molar-refractivity contribution is -0.113. The molecule has 0 saturated carbocycles. The van der Waals surface area contributed by atoms with Crippen LogP contribution in [0.2, 0.25) is 5.02 Å². The molecule has 3 N–H and O–H groups in total. The maximum absolute atomic E-state index is 12.6. The van der Waals surface area contributed by atoms with Crippen LogP contribution >= 0.6 is 23.4 Å². The van der Waals surface area contributed by atoms with Crippen LogP contribution in [0.15, 0.2) is 64.6 Å². The molecule has 0 fully saturated rings. The Morgan fingerprint density at radius 3 is 2.53 bits per heavy atom. The number of anilines is 1. The van der Waals surface area contributed by atoms with Gasteiger partial charge in [-0.1, -0.05) is 60.6 Å². The van der Waals surface area contributed by atoms with Crippen molar-refractivity contribution >= 4 is 55.8 Å². The zero-order chi connectivity index (χ0) is 24.5. The van der Waals surface area contributed by atoms with Gasteiger partial charge in [-0.2, -0.15) is 0 Å². The number of fused-ring (bicyclic) bond motifs is 1. The van der Waals surface area contributed by atoms with Crippen LogP contribution in [0.25, 0.3) is 16.5 Å². The first-order valence-corrected chi connectivity index (χ1v) is 13.3. The van der Waals surface area contributed by atoms with Crippen LogP contribution in [0.4, 0.5) is 5.69 Å². The van der Waals surface area contributed by atoms with Gasteiger partial charge >= 0.3 is 0 Å². The molecular weight excluding hydrogens is 494 g/mol. The van der Waals surface area contributed by atoms with Crippen molar-refractivity contribution in [3.05, 3.63) is 71.0 Å². The van der Waals surface area contributed by atoms with E-state index in [0.717, 1.165) is 17.5 Å². The zero-order valence-electron chi connectivity index (χ0n) is 18.4. The molecule has 0 radical (unpaired) electrons. The van der Waals surface area contributed by atoms with Gasteiger partial charge in [0.2, 0.25) is 15.9 Å². The van der Waals surface area contributed by atoms with E-state index in [4.69, 9.17) is 16.7 Å². The SMILES string of the molecule is CCc1ccc(-n2c(C)nnc2SCC(=O)Nc2ccc(S(N)(=O)=O)cc2Cl)c2ccccc12. The summed E-state index contributed by atoms with van der Waals surface area (Å²) in [5.41, 5.74) is 2.49. The fourth-order valence-electron chi connectivity index (χ4n) is 3.65. The molecule has 8 nitrogen and oxygen atoms in total. The molecule has 176 valence electrons. The molecule has 34 heavy (non-hydrogen) atoms. The number of hydrogen-bond donors (Lipinski definition) is 2. The van der Waals surface area contributed by atoms with Crippen molar-refractivity contribution in [1.82, 2.24) is 14.8 Å². The van der Waals surface area contributed by atoms with E-state index in [-0.39, 0.29) is 21.6 Å². The first kappa shape index (κ1) is 24.2. The van der Waals surface area contributed by atoms with Crippen LogP contribution < -0.4 is 10.5 Å². The summed E-state index contributed by atoms with van der Waals surface area (Å²) in [5.74, 6) is 0.434. The Bertz CT molecular complexity index is 1500. The molecule has 4 rings (SSSR count). The van der Waals surface area contributed by atoms with Gasteiger partial charge in [-0.3, -0.25) is 9.36 Å². The summed E-state index contributed by atoms with van der Waals surface area (Å²) >= 11 is 7.36. The van der Waals surface area contributed by atoms with E-state index < -0.39 is 10.0 Å². The third-order valence-corrected chi connectivity index (χ3v) is 7.44. The molecule has 0 bridgehead atoms. The number of carbonyl (C=O) groups is 1. The van der Waals surface area contributed by atoms with Crippen molar-refractivity contribution in [3.63, 3.8) is 0 Å². The summed E-state index contributed by atoms with van der Waals surface area (Å²) in [6, 6.07) is 16.2. The van der Waals surface area contributed by atoms with E-state index in [0.29, 0.717) is 16.7 Å². The number of sulfonamides is 1. The first-order chi connectivity index (χ1) is 16.2. The predicted molar refractivity (Wildman–Crippen MR) is 135 cm³/mol. The van der Waals surface area contributed by atoms with Crippen molar-refractivity contribution in [1.29, 1.82) is 0 Å². The molecule has 11 heteroatoms. The highest BCUT2D eigenvalue weighted by Crippen LogP contribution is 2.30. The number of nitrogens with zero attached hydrogens (tertiary/aromatic N) is 3. The highest BCUT2D eigenvalue weighted by atomic mass is 35.5. The summed E-state index contributed by atoms with van der Waals surface area (Å²) in [5, 5.41) is 19.2. The number of nitrogens with two attached hydrogens (primary N) is 1. The highest BCUT2D eigenvalue weighted by molar-refractivity contribution is 7.99. The normalized spacial score (nSPS) is 11.6. The lowest BCUT2D eigenvalue weighted by Crippen LogP contribution is -2.16. The summed E-state index contributed by atoms with van der Waals surface area (Å²) in [4.78, 5) is 12.4. The van der Waals surface area contributed by atoms with Crippen LogP contribution in [-0.2, 0) is 21.2 Å². The molecular formula is C23H22ClN5O3S2. The number of amides is 1. The van der Waals surface area contributed by atoms with Crippen molar-refractivity contribution in [2.75, 3.05) is 11.1 Å². The highest BCUT2D eigenvalue weighted by Gasteiger charge is 2.17. The number of hydrogen-bond acceptors (Lipinski definition) is 6. The Morgan fingerprint density at radius 1 is 1.12 bits per heavy atom. The van der Waals surface area contributed by atoms with Crippen molar-refractivity contribution in [3.8, 4) is 5.69 Å². The van der Waals surface area contributed by atoms with Gasteiger partial charge in [0, 0.05) is 5.39 Å². The third-order valence-electron chi connectivity index (χ3n) is 5.28. The molecule has 0 aliphatic carbocycles. The molecule has 0 saturated heterocycles. The minimum atomic E-state index is -3.89. The molecule has 0 aliphatic rings. The first-order valence-electron chi connectivity index (χ1n) is 10.4. The monoisotopic (exact) mass is 515 g/mol. The van der Waals surface area contributed by atoms with Gasteiger partial charge in [-0.15, -0.1) is 10.2 Å². The van der Waals surface area contributed by atoms with Crippen molar-refractivity contribution < 1.29 is 13.2 Å². The number of aryl methyl sites for hydroxylation is 2. The van der Waals surface area contributed by atoms with E-state index in [2.05, 4.69) is 46.7 Å². The topological polar surface area (TPSA) is 120 Å². The minimum Gasteiger partial charge on any atom is -0.324 e. The predicted octanol–water partition coefficient (Wildman–Crippen LogP) is 4.32. The van der Waals surface area contributed by atoms with Crippen LogP contribution in [0.1, 0.15) is 18.3 Å². The second kappa shape index (κ2) is 9.75. The van der Waals surface area contributed by atoms with Crippen LogP contribution in [0.5, 0.6) is 0 Å². The molecule has 1 aromatic heterocycles. The van der Waals surface area contributed by atoms with Crippen molar-refractivity contribution in [2.45, 2.75) is 30.3 Å². The summed E-state index contributed by atoms with van der Waals surface area (Å²) in [7, 11) is -3.89. The number of thioether (sulfide) groups is 1. The molecule has 0 spiro atoms. The number of benzene rings is 3. The second-order valence-corrected chi connectivity index (χ2v) is 10.4. The zero-order valence-corrected chi connectivity index (χ0v) is 20.8. The number of nitrogens with one attached hydrogen (secondary N) is 1. The van der Waals surface area contributed by atoms with Crippen LogP contribution in [0.3, 0.4) is 0 Å². The van der Waals surface area contributed by atoms with Crippen molar-refractivity contribution in [2.24, 2.45) is 5.14 Å². The summed E-state index contributed by atoms with van der Waals surface area (Å²) in [6.07, 6.45) is 0.921. The van der Waals surface area contributed by atoms with E-state index in [1.807, 2.05) is 23.6 Å². The largest absolute Gasteiger partial charge is 0.324 e. The quantitative estimate of drug-likeness (QED) is 0.353. The Hall–Kier alpha value is -2.92. The molecule has 4 aromatic rings. The third kappa shape index (κ3) is 4.95. The summed E-state index contributed by atoms with van der Waals surface area (Å²) in [6.45, 7) is 3.99. The van der Waals surface area contributed by atoms with Gasteiger partial charge in [0.05, 0.1) is 27.0 Å². The number of halogens is 1. The molecule has 0 atom stereocenters. The van der Waals surface area contributed by atoms with E-state index in [1.165, 1.54) is 40.9 Å². The fraction of sp³-hybridized carbons (Fsp3) is 0.174. The number of carbonyl (C=O) groups excluding carboxylic acids is 1. The van der Waals surface area contributed by atoms with E-state index in [9.17, 15) is 13.2 Å². The standard InChI is InChI=1S/C23H22ClN5O3S2/c1-3-15-8-11-21(18-7-5-4-6-17(15)18)29-14(2)27-28-23(29)33-13-22(30)26-20-10-9-16(12-19(20)24)34(25,31)32/h4-12H,3,13H2,1-2H3,(H,26,30)(H2,25,31,32). The maximum atomic E-state index is 12.6. The molecule has 1 amide bonds. The Labute approximate surface area is 206 Å². The Balaban J connectivity index is 1.56. The number of rotatable bonds is 7. The molecule has 0 aliphatic heterocycles. The fourth-order valence-corrected chi connectivity index (χ4v) is 5.28. The lowest BCUT2D eigenvalue weighted by Gasteiger charge is -2.14. The average Bonchev–Trinajstić information content (AvgIpc) is 3.17. The van der Waals surface area contributed by atoms with Gasteiger partial charge in [0.1, 0.15) is 5.82 Å².